The molecule has 0 spiro atoms. The van der Waals surface area contributed by atoms with Crippen LogP contribution in [0.2, 0.25) is 0 Å². The Morgan fingerprint density at radius 2 is 2.06 bits per heavy atom. The number of fused-ring (bicyclic) bond motifs is 1. The molecule has 1 saturated heterocycles. The maximum atomic E-state index is 13.4. The van der Waals surface area contributed by atoms with Crippen molar-refractivity contribution in [2.45, 2.75) is 26.4 Å². The van der Waals surface area contributed by atoms with Crippen molar-refractivity contribution in [1.29, 1.82) is 0 Å². The Morgan fingerprint density at radius 1 is 1.25 bits per heavy atom. The Morgan fingerprint density at radius 3 is 2.78 bits per heavy atom. The second-order valence-electron chi connectivity index (χ2n) is 8.21. The Kier molecular flexibility index (Phi) is 6.23. The van der Waals surface area contributed by atoms with Gasteiger partial charge >= 0.3 is 6.03 Å². The van der Waals surface area contributed by atoms with Gasteiger partial charge in [-0.3, -0.25) is 4.79 Å². The lowest BCUT2D eigenvalue weighted by Crippen LogP contribution is -2.56. The van der Waals surface area contributed by atoms with Crippen LogP contribution in [0, 0.1) is 0 Å². The summed E-state index contributed by atoms with van der Waals surface area (Å²) in [6.45, 7) is 10.0. The molecular weight excluding hydrogens is 424 g/mol. The fourth-order valence-electron chi connectivity index (χ4n) is 4.08. The lowest BCUT2D eigenvalue weighted by Gasteiger charge is -2.39. The molecule has 1 atom stereocenters. The Balaban J connectivity index is 1.45. The predicted molar refractivity (Wildman–Crippen MR) is 129 cm³/mol. The van der Waals surface area contributed by atoms with Gasteiger partial charge in [-0.05, 0) is 43.5 Å². The van der Waals surface area contributed by atoms with E-state index < -0.39 is 0 Å². The molecule has 1 unspecified atom stereocenters. The smallest absolute Gasteiger partial charge is 0.322 e. The lowest BCUT2D eigenvalue weighted by atomic mass is 10.2. The summed E-state index contributed by atoms with van der Waals surface area (Å²) in [4.78, 5) is 30.9. The summed E-state index contributed by atoms with van der Waals surface area (Å²) < 4.78 is 7.27. The molecule has 1 aliphatic rings. The Bertz CT molecular complexity index is 1170. The van der Waals surface area contributed by atoms with Crippen LogP contribution in [0.3, 0.4) is 0 Å². The van der Waals surface area contributed by atoms with Gasteiger partial charge < -0.3 is 24.4 Å². The van der Waals surface area contributed by atoms with Crippen LogP contribution in [0.5, 0.6) is 5.75 Å². The number of aromatic nitrogens is 1. The van der Waals surface area contributed by atoms with Crippen LogP contribution in [0.1, 0.15) is 24.3 Å². The van der Waals surface area contributed by atoms with Gasteiger partial charge in [0.25, 0.3) is 5.91 Å². The van der Waals surface area contributed by atoms with E-state index in [1.54, 1.807) is 29.4 Å². The van der Waals surface area contributed by atoms with Gasteiger partial charge in [0.2, 0.25) is 0 Å². The molecule has 0 saturated carbocycles. The average Bonchev–Trinajstić information content (AvgIpc) is 3.35. The number of carbonyl (C=O) groups is 2. The maximum absolute atomic E-state index is 13.4. The van der Waals surface area contributed by atoms with Crippen LogP contribution in [-0.2, 0) is 6.54 Å². The number of anilines is 1. The van der Waals surface area contributed by atoms with Crippen LogP contribution in [0.15, 0.2) is 53.9 Å². The molecule has 0 radical (unpaired) electrons. The largest absolute Gasteiger partial charge is 0.497 e. The van der Waals surface area contributed by atoms with Gasteiger partial charge in [0.1, 0.15) is 16.3 Å². The number of hydrogen-bond donors (Lipinski definition) is 1. The summed E-state index contributed by atoms with van der Waals surface area (Å²) in [6.07, 6.45) is 0. The third-order valence-corrected chi connectivity index (χ3v) is 6.60. The standard InChI is InChI=1S/C24H28N4O3S/c1-16(2)14-28-21(12-18-8-11-32-23(18)28)22(29)26-9-10-27(17(3)15-26)24(30)25-19-6-5-7-20(13-19)31-4/h5-8,11-13,17H,1,9-10,14-15H2,2-4H3,(H,25,30). The van der Waals surface area contributed by atoms with Crippen molar-refractivity contribution in [3.63, 3.8) is 0 Å². The first-order valence-electron chi connectivity index (χ1n) is 10.6. The molecule has 2 aromatic heterocycles. The zero-order valence-corrected chi connectivity index (χ0v) is 19.4. The molecule has 3 heterocycles. The number of allylic oxidation sites excluding steroid dienone is 1. The van der Waals surface area contributed by atoms with E-state index in [2.05, 4.69) is 16.5 Å². The van der Waals surface area contributed by atoms with Gasteiger partial charge in [-0.25, -0.2) is 4.79 Å². The van der Waals surface area contributed by atoms with Crippen molar-refractivity contribution >= 4 is 39.2 Å². The molecule has 3 amide bonds. The molecular formula is C24H28N4O3S. The number of amides is 3. The zero-order chi connectivity index (χ0) is 22.8. The van der Waals surface area contributed by atoms with E-state index in [0.29, 0.717) is 43.3 Å². The first-order chi connectivity index (χ1) is 15.4. The van der Waals surface area contributed by atoms with E-state index in [9.17, 15) is 9.59 Å². The predicted octanol–water partition coefficient (Wildman–Crippen LogP) is 4.67. The van der Waals surface area contributed by atoms with Gasteiger partial charge in [0.15, 0.2) is 0 Å². The van der Waals surface area contributed by atoms with Crippen molar-refractivity contribution in [1.82, 2.24) is 14.4 Å². The number of thiophene rings is 1. The van der Waals surface area contributed by atoms with Gasteiger partial charge in [-0.2, -0.15) is 0 Å². The van der Waals surface area contributed by atoms with Crippen molar-refractivity contribution in [3.05, 3.63) is 59.6 Å². The number of carbonyl (C=O) groups excluding carboxylic acids is 2. The summed E-state index contributed by atoms with van der Waals surface area (Å²) in [5.41, 5.74) is 2.35. The van der Waals surface area contributed by atoms with E-state index in [-0.39, 0.29) is 18.0 Å². The lowest BCUT2D eigenvalue weighted by molar-refractivity contribution is 0.0583. The second kappa shape index (κ2) is 9.08. The van der Waals surface area contributed by atoms with Crippen LogP contribution >= 0.6 is 11.3 Å². The van der Waals surface area contributed by atoms with Crippen molar-refractivity contribution in [3.8, 4) is 5.75 Å². The molecule has 1 fully saturated rings. The highest BCUT2D eigenvalue weighted by Crippen LogP contribution is 2.28. The van der Waals surface area contributed by atoms with E-state index in [1.807, 2.05) is 54.5 Å². The average molecular weight is 453 g/mol. The van der Waals surface area contributed by atoms with Crippen molar-refractivity contribution in [2.75, 3.05) is 32.1 Å². The molecule has 32 heavy (non-hydrogen) atoms. The highest BCUT2D eigenvalue weighted by molar-refractivity contribution is 7.16. The number of hydrogen-bond acceptors (Lipinski definition) is 4. The summed E-state index contributed by atoms with van der Waals surface area (Å²) in [5.74, 6) is 0.679. The molecule has 168 valence electrons. The molecule has 1 N–H and O–H groups in total. The summed E-state index contributed by atoms with van der Waals surface area (Å²) >= 11 is 1.63. The van der Waals surface area contributed by atoms with Crippen LogP contribution in [0.4, 0.5) is 10.5 Å². The van der Waals surface area contributed by atoms with Gasteiger partial charge in [0.05, 0.1) is 7.11 Å². The minimum atomic E-state index is -0.177. The normalized spacial score (nSPS) is 16.3. The van der Waals surface area contributed by atoms with Gasteiger partial charge in [-0.1, -0.05) is 18.2 Å². The third-order valence-electron chi connectivity index (χ3n) is 5.65. The number of benzene rings is 1. The van der Waals surface area contributed by atoms with E-state index >= 15 is 0 Å². The SMILES string of the molecule is C=C(C)Cn1c(C(=O)N2CCN(C(=O)Nc3cccc(OC)c3)C(C)C2)cc2ccsc21. The minimum absolute atomic E-state index is 0.00523. The molecule has 8 heteroatoms. The fraction of sp³-hybridized carbons (Fsp3) is 0.333. The number of piperazine rings is 1. The second-order valence-corrected chi connectivity index (χ2v) is 9.10. The van der Waals surface area contributed by atoms with Crippen LogP contribution in [0.25, 0.3) is 10.2 Å². The summed E-state index contributed by atoms with van der Waals surface area (Å²) in [6, 6.07) is 11.0. The Hall–Kier alpha value is -3.26. The first-order valence-corrected chi connectivity index (χ1v) is 11.5. The summed E-state index contributed by atoms with van der Waals surface area (Å²) in [7, 11) is 1.59. The molecule has 1 aliphatic heterocycles. The number of ether oxygens (including phenoxy) is 1. The van der Waals surface area contributed by atoms with Crippen LogP contribution < -0.4 is 10.1 Å². The maximum Gasteiger partial charge on any atom is 0.322 e. The topological polar surface area (TPSA) is 66.8 Å². The number of nitrogens with zero attached hydrogens (tertiary/aromatic N) is 3. The number of rotatable bonds is 5. The summed E-state index contributed by atoms with van der Waals surface area (Å²) in [5, 5.41) is 6.04. The molecule has 0 aliphatic carbocycles. The molecule has 1 aromatic carbocycles. The monoisotopic (exact) mass is 452 g/mol. The Labute approximate surface area is 191 Å². The number of nitrogens with one attached hydrogen (secondary N) is 1. The van der Waals surface area contributed by atoms with Gasteiger partial charge in [0, 0.05) is 49.4 Å². The zero-order valence-electron chi connectivity index (χ0n) is 18.6. The number of urea groups is 1. The molecule has 7 nitrogen and oxygen atoms in total. The minimum Gasteiger partial charge on any atom is -0.497 e. The fourth-order valence-corrected chi connectivity index (χ4v) is 4.98. The van der Waals surface area contributed by atoms with E-state index in [1.165, 1.54) is 0 Å². The van der Waals surface area contributed by atoms with Crippen molar-refractivity contribution in [2.24, 2.45) is 0 Å². The quantitative estimate of drug-likeness (QED) is 0.572. The molecule has 4 rings (SSSR count). The molecule has 0 bridgehead atoms. The number of methoxy groups -OCH3 is 1. The van der Waals surface area contributed by atoms with E-state index in [0.717, 1.165) is 15.8 Å². The van der Waals surface area contributed by atoms with Crippen LogP contribution in [-0.4, -0.2) is 59.1 Å². The van der Waals surface area contributed by atoms with Crippen molar-refractivity contribution < 1.29 is 14.3 Å². The highest BCUT2D eigenvalue weighted by atomic mass is 32.1. The van der Waals surface area contributed by atoms with Gasteiger partial charge in [-0.15, -0.1) is 11.3 Å². The third kappa shape index (κ3) is 4.36. The molecule has 3 aromatic rings. The first kappa shape index (κ1) is 22.0. The van der Waals surface area contributed by atoms with E-state index in [4.69, 9.17) is 4.74 Å². The highest BCUT2D eigenvalue weighted by Gasteiger charge is 2.31.